The van der Waals surface area contributed by atoms with E-state index in [-0.39, 0.29) is 11.6 Å². The summed E-state index contributed by atoms with van der Waals surface area (Å²) in [4.78, 5) is 31.4. The van der Waals surface area contributed by atoms with Gasteiger partial charge in [0, 0.05) is 38.2 Å². The molecule has 1 saturated heterocycles. The largest absolute Gasteiger partial charge is 0.374 e. The molecule has 0 spiro atoms. The van der Waals surface area contributed by atoms with Crippen LogP contribution in [0.5, 0.6) is 0 Å². The zero-order valence-corrected chi connectivity index (χ0v) is 19.9. The van der Waals surface area contributed by atoms with Crippen molar-refractivity contribution in [2.24, 2.45) is 7.05 Å². The molecule has 0 radical (unpaired) electrons. The molecular weight excluding hydrogens is 440 g/mol. The first kappa shape index (κ1) is 21.4. The van der Waals surface area contributed by atoms with Crippen molar-refractivity contribution in [1.29, 1.82) is 0 Å². The van der Waals surface area contributed by atoms with Crippen LogP contribution < -0.4 is 15.8 Å². The van der Waals surface area contributed by atoms with Crippen LogP contribution in [-0.4, -0.2) is 42.8 Å². The zero-order chi connectivity index (χ0) is 23.9. The number of fused-ring (bicyclic) bond motifs is 2. The van der Waals surface area contributed by atoms with E-state index in [9.17, 15) is 4.79 Å². The summed E-state index contributed by atoms with van der Waals surface area (Å²) in [5, 5.41) is 8.13. The molecule has 9 heteroatoms. The number of aromatic amines is 2. The molecule has 5 heterocycles. The van der Waals surface area contributed by atoms with Crippen molar-refractivity contribution in [3.8, 4) is 11.4 Å². The molecule has 1 aliphatic rings. The van der Waals surface area contributed by atoms with Crippen LogP contribution in [-0.2, 0) is 7.05 Å². The van der Waals surface area contributed by atoms with E-state index in [1.807, 2.05) is 38.2 Å². The predicted octanol–water partition coefficient (Wildman–Crippen LogP) is 4.36. The molecule has 35 heavy (non-hydrogen) atoms. The van der Waals surface area contributed by atoms with Crippen molar-refractivity contribution in [2.45, 2.75) is 32.2 Å². The van der Waals surface area contributed by atoms with Gasteiger partial charge in [0.05, 0.1) is 34.0 Å². The summed E-state index contributed by atoms with van der Waals surface area (Å²) < 4.78 is 1.70. The standard InChI is InChI=1S/C26H28N8O/c1-16(18-8-4-5-11-27-18)28-24-22(26(35)31-21-15-33(2)32-23(21)24)25-29-19-10-9-17(14-20(19)30-25)34-12-6-3-7-13-34/h4-5,8-11,14-16,28H,3,6-7,12-13H2,1-2H3,(H,29,30)(H,31,35). The van der Waals surface area contributed by atoms with Gasteiger partial charge in [-0.05, 0) is 56.5 Å². The van der Waals surface area contributed by atoms with Gasteiger partial charge in [0.1, 0.15) is 16.9 Å². The number of rotatable bonds is 5. The van der Waals surface area contributed by atoms with E-state index in [0.717, 1.165) is 29.8 Å². The van der Waals surface area contributed by atoms with Gasteiger partial charge >= 0.3 is 0 Å². The molecule has 1 aliphatic heterocycles. The molecular formula is C26H28N8O. The number of hydrogen-bond donors (Lipinski definition) is 3. The Balaban J connectivity index is 1.47. The van der Waals surface area contributed by atoms with Crippen LogP contribution in [0.4, 0.5) is 11.4 Å². The number of aromatic nitrogens is 6. The zero-order valence-electron chi connectivity index (χ0n) is 19.9. The average Bonchev–Trinajstić information content (AvgIpc) is 3.47. The quantitative estimate of drug-likeness (QED) is 0.354. The Hall–Kier alpha value is -4.14. The van der Waals surface area contributed by atoms with Gasteiger partial charge in [0.25, 0.3) is 5.56 Å². The summed E-state index contributed by atoms with van der Waals surface area (Å²) in [5.41, 5.74) is 5.99. The Morgan fingerprint density at radius 3 is 2.71 bits per heavy atom. The van der Waals surface area contributed by atoms with E-state index in [0.29, 0.717) is 28.1 Å². The van der Waals surface area contributed by atoms with Crippen LogP contribution in [0.15, 0.2) is 53.6 Å². The highest BCUT2D eigenvalue weighted by Crippen LogP contribution is 2.33. The molecule has 6 rings (SSSR count). The third-order valence-electron chi connectivity index (χ3n) is 6.71. The highest BCUT2D eigenvalue weighted by Gasteiger charge is 2.22. The molecule has 0 bridgehead atoms. The van der Waals surface area contributed by atoms with Crippen LogP contribution >= 0.6 is 0 Å². The van der Waals surface area contributed by atoms with E-state index < -0.39 is 0 Å². The van der Waals surface area contributed by atoms with Gasteiger partial charge in [-0.1, -0.05) is 6.07 Å². The lowest BCUT2D eigenvalue weighted by Crippen LogP contribution is -2.29. The van der Waals surface area contributed by atoms with E-state index in [2.05, 4.69) is 42.4 Å². The van der Waals surface area contributed by atoms with Crippen molar-refractivity contribution in [1.82, 2.24) is 29.7 Å². The molecule has 1 unspecified atom stereocenters. The third-order valence-corrected chi connectivity index (χ3v) is 6.71. The predicted molar refractivity (Wildman–Crippen MR) is 139 cm³/mol. The Morgan fingerprint density at radius 2 is 1.91 bits per heavy atom. The molecule has 3 N–H and O–H groups in total. The van der Waals surface area contributed by atoms with Gasteiger partial charge in [-0.2, -0.15) is 5.10 Å². The van der Waals surface area contributed by atoms with Crippen molar-refractivity contribution in [3.63, 3.8) is 0 Å². The lowest BCUT2D eigenvalue weighted by Gasteiger charge is -2.28. The third kappa shape index (κ3) is 3.92. The van der Waals surface area contributed by atoms with Crippen molar-refractivity contribution in [3.05, 3.63) is 64.8 Å². The van der Waals surface area contributed by atoms with Gasteiger partial charge in [0.2, 0.25) is 0 Å². The first-order valence-electron chi connectivity index (χ1n) is 12.1. The smallest absolute Gasteiger partial charge is 0.261 e. The molecule has 1 aromatic carbocycles. The molecule has 1 atom stereocenters. The number of aryl methyl sites for hydroxylation is 1. The molecule has 1 fully saturated rings. The lowest BCUT2D eigenvalue weighted by atomic mass is 10.1. The molecule has 4 aromatic heterocycles. The van der Waals surface area contributed by atoms with E-state index in [1.165, 1.54) is 24.9 Å². The molecule has 5 aromatic rings. The summed E-state index contributed by atoms with van der Waals surface area (Å²) in [6, 6.07) is 11.9. The molecule has 0 aliphatic carbocycles. The molecule has 0 amide bonds. The second-order valence-corrected chi connectivity index (χ2v) is 9.22. The van der Waals surface area contributed by atoms with Crippen LogP contribution in [0.25, 0.3) is 33.5 Å². The number of imidazole rings is 1. The SMILES string of the molecule is CC(Nc1c(-c2nc3ccc(N4CCCCC4)cc3[nH]2)c(=O)[nH]c2cn(C)nc12)c1ccccn1. The van der Waals surface area contributed by atoms with Crippen LogP contribution in [0.1, 0.15) is 37.9 Å². The fourth-order valence-electron chi connectivity index (χ4n) is 4.94. The minimum Gasteiger partial charge on any atom is -0.374 e. The minimum atomic E-state index is -0.225. The number of pyridine rings is 2. The Labute approximate surface area is 202 Å². The van der Waals surface area contributed by atoms with Gasteiger partial charge in [-0.25, -0.2) is 4.98 Å². The summed E-state index contributed by atoms with van der Waals surface area (Å²) >= 11 is 0. The average molecular weight is 469 g/mol. The van der Waals surface area contributed by atoms with Gasteiger partial charge in [0.15, 0.2) is 0 Å². The maximum absolute atomic E-state index is 13.4. The second kappa shape index (κ2) is 8.57. The first-order valence-corrected chi connectivity index (χ1v) is 12.1. The molecule has 178 valence electrons. The van der Waals surface area contributed by atoms with Crippen molar-refractivity contribution >= 4 is 33.4 Å². The fraction of sp³-hybridized carbons (Fsp3) is 0.308. The summed E-state index contributed by atoms with van der Waals surface area (Å²) in [5.74, 6) is 0.514. The summed E-state index contributed by atoms with van der Waals surface area (Å²) in [7, 11) is 1.84. The minimum absolute atomic E-state index is 0.142. The van der Waals surface area contributed by atoms with Gasteiger partial charge < -0.3 is 20.2 Å². The van der Waals surface area contributed by atoms with Gasteiger partial charge in [-0.15, -0.1) is 0 Å². The maximum Gasteiger partial charge on any atom is 0.261 e. The topological polar surface area (TPSA) is 108 Å². The number of benzene rings is 1. The fourth-order valence-corrected chi connectivity index (χ4v) is 4.94. The normalized spacial score (nSPS) is 15.1. The highest BCUT2D eigenvalue weighted by atomic mass is 16.1. The van der Waals surface area contributed by atoms with Crippen molar-refractivity contribution < 1.29 is 0 Å². The number of nitrogens with zero attached hydrogens (tertiary/aromatic N) is 5. The van der Waals surface area contributed by atoms with E-state index in [1.54, 1.807) is 17.1 Å². The van der Waals surface area contributed by atoms with Crippen molar-refractivity contribution in [2.75, 3.05) is 23.3 Å². The summed E-state index contributed by atoms with van der Waals surface area (Å²) in [6.07, 6.45) is 7.30. The number of piperidine rings is 1. The lowest BCUT2D eigenvalue weighted by molar-refractivity contribution is 0.578. The van der Waals surface area contributed by atoms with Crippen LogP contribution in [0, 0.1) is 0 Å². The maximum atomic E-state index is 13.4. The van der Waals surface area contributed by atoms with Crippen LogP contribution in [0.2, 0.25) is 0 Å². The number of hydrogen-bond acceptors (Lipinski definition) is 6. The molecule has 0 saturated carbocycles. The Kier molecular flexibility index (Phi) is 5.24. The van der Waals surface area contributed by atoms with Gasteiger partial charge in [-0.3, -0.25) is 14.5 Å². The number of anilines is 2. The van der Waals surface area contributed by atoms with E-state index in [4.69, 9.17) is 4.98 Å². The Morgan fingerprint density at radius 1 is 1.06 bits per heavy atom. The molecule has 9 nitrogen and oxygen atoms in total. The summed E-state index contributed by atoms with van der Waals surface area (Å²) in [6.45, 7) is 4.16. The highest BCUT2D eigenvalue weighted by molar-refractivity contribution is 5.96. The van der Waals surface area contributed by atoms with Crippen LogP contribution in [0.3, 0.4) is 0 Å². The number of nitrogens with one attached hydrogen (secondary N) is 3. The Bertz CT molecular complexity index is 1560. The first-order chi connectivity index (χ1) is 17.1. The van der Waals surface area contributed by atoms with E-state index >= 15 is 0 Å². The monoisotopic (exact) mass is 468 g/mol. The number of H-pyrrole nitrogens is 2. The second-order valence-electron chi connectivity index (χ2n) is 9.22.